The lowest BCUT2D eigenvalue weighted by Gasteiger charge is -2.20. The van der Waals surface area contributed by atoms with Crippen LogP contribution in [0.15, 0.2) is 0 Å². The smallest absolute Gasteiger partial charge is 0.385 e. The molecule has 0 heterocycles. The van der Waals surface area contributed by atoms with E-state index >= 15 is 0 Å². The first-order valence-electron chi connectivity index (χ1n) is 6.66. The van der Waals surface area contributed by atoms with Crippen molar-refractivity contribution in [3.8, 4) is 0 Å². The molecular weight excluding hydrogens is 243 g/mol. The van der Waals surface area contributed by atoms with E-state index in [1.807, 2.05) is 6.92 Å². The zero-order chi connectivity index (χ0) is 13.6. The Bertz CT molecular complexity index is 239. The molecule has 1 aliphatic rings. The van der Waals surface area contributed by atoms with Crippen LogP contribution in [0.3, 0.4) is 0 Å². The van der Waals surface area contributed by atoms with Crippen LogP contribution in [0.25, 0.3) is 0 Å². The van der Waals surface area contributed by atoms with E-state index in [1.165, 1.54) is 12.8 Å². The van der Waals surface area contributed by atoms with E-state index in [4.69, 9.17) is 4.74 Å². The molecular formula is C13H24F3NO. The highest BCUT2D eigenvalue weighted by Crippen LogP contribution is 2.48. The Hall–Kier alpha value is -0.290. The lowest BCUT2D eigenvalue weighted by molar-refractivity contribution is -0.135. The van der Waals surface area contributed by atoms with Gasteiger partial charge >= 0.3 is 6.18 Å². The fraction of sp³-hybridized carbons (Fsp3) is 1.00. The van der Waals surface area contributed by atoms with Gasteiger partial charge < -0.3 is 10.1 Å². The van der Waals surface area contributed by atoms with Crippen molar-refractivity contribution in [2.75, 3.05) is 20.3 Å². The Morgan fingerprint density at radius 2 is 2.00 bits per heavy atom. The highest BCUT2D eigenvalue weighted by Gasteiger charge is 2.41. The van der Waals surface area contributed by atoms with Crippen LogP contribution < -0.4 is 5.32 Å². The molecule has 0 saturated heterocycles. The topological polar surface area (TPSA) is 21.3 Å². The molecule has 0 aliphatic heterocycles. The maximum Gasteiger partial charge on any atom is 0.389 e. The molecule has 2 nitrogen and oxygen atoms in total. The van der Waals surface area contributed by atoms with Crippen LogP contribution in [0.4, 0.5) is 13.2 Å². The standard InChI is InChI=1S/C13H24F3NO/c1-11(4-3-5-13(14,15)16)17-10-12(6-7-12)8-9-18-2/h11,17H,3-10H2,1-2H3. The number of halogens is 3. The lowest BCUT2D eigenvalue weighted by Crippen LogP contribution is -2.32. The summed E-state index contributed by atoms with van der Waals surface area (Å²) in [5.41, 5.74) is 0.355. The van der Waals surface area contributed by atoms with Crippen molar-refractivity contribution in [3.05, 3.63) is 0 Å². The molecule has 18 heavy (non-hydrogen) atoms. The Labute approximate surface area is 107 Å². The molecule has 0 spiro atoms. The van der Waals surface area contributed by atoms with Crippen LogP contribution >= 0.6 is 0 Å². The third kappa shape index (κ3) is 6.59. The number of hydrogen-bond donors (Lipinski definition) is 1. The molecule has 0 amide bonds. The van der Waals surface area contributed by atoms with Crippen LogP contribution in [0.1, 0.15) is 45.4 Å². The number of nitrogens with one attached hydrogen (secondary N) is 1. The minimum atomic E-state index is -4.02. The van der Waals surface area contributed by atoms with Crippen LogP contribution in [-0.4, -0.2) is 32.5 Å². The van der Waals surface area contributed by atoms with E-state index < -0.39 is 12.6 Å². The molecule has 1 N–H and O–H groups in total. The second-order valence-corrected chi connectivity index (χ2v) is 5.53. The normalized spacial score (nSPS) is 19.8. The molecule has 0 bridgehead atoms. The van der Waals surface area contributed by atoms with Crippen LogP contribution in [0.2, 0.25) is 0 Å². The summed E-state index contributed by atoms with van der Waals surface area (Å²) in [4.78, 5) is 0. The van der Waals surface area contributed by atoms with Crippen molar-refractivity contribution in [3.63, 3.8) is 0 Å². The zero-order valence-electron chi connectivity index (χ0n) is 11.3. The molecule has 1 atom stereocenters. The molecule has 1 fully saturated rings. The van der Waals surface area contributed by atoms with Crippen molar-refractivity contribution in [1.29, 1.82) is 0 Å². The molecule has 1 aliphatic carbocycles. The minimum absolute atomic E-state index is 0.160. The molecule has 108 valence electrons. The summed E-state index contributed by atoms with van der Waals surface area (Å²) >= 11 is 0. The van der Waals surface area contributed by atoms with E-state index in [0.717, 1.165) is 19.6 Å². The fourth-order valence-electron chi connectivity index (χ4n) is 2.11. The number of hydrogen-bond acceptors (Lipinski definition) is 2. The van der Waals surface area contributed by atoms with Gasteiger partial charge in [0.15, 0.2) is 0 Å². The molecule has 0 aromatic carbocycles. The minimum Gasteiger partial charge on any atom is -0.385 e. The second-order valence-electron chi connectivity index (χ2n) is 5.53. The molecule has 0 aromatic heterocycles. The number of rotatable bonds is 9. The van der Waals surface area contributed by atoms with Crippen molar-refractivity contribution in [2.24, 2.45) is 5.41 Å². The van der Waals surface area contributed by atoms with Crippen molar-refractivity contribution >= 4 is 0 Å². The van der Waals surface area contributed by atoms with E-state index in [9.17, 15) is 13.2 Å². The summed E-state index contributed by atoms with van der Waals surface area (Å²) < 4.78 is 41.1. The quantitative estimate of drug-likeness (QED) is 0.690. The monoisotopic (exact) mass is 267 g/mol. The average Bonchev–Trinajstić information content (AvgIpc) is 3.03. The van der Waals surface area contributed by atoms with Gasteiger partial charge in [-0.25, -0.2) is 0 Å². The highest BCUT2D eigenvalue weighted by atomic mass is 19.4. The van der Waals surface area contributed by atoms with Gasteiger partial charge in [-0.05, 0) is 44.4 Å². The van der Waals surface area contributed by atoms with Gasteiger partial charge in [0, 0.05) is 32.7 Å². The van der Waals surface area contributed by atoms with E-state index in [-0.39, 0.29) is 12.5 Å². The van der Waals surface area contributed by atoms with Crippen LogP contribution in [0, 0.1) is 5.41 Å². The van der Waals surface area contributed by atoms with Gasteiger partial charge in [0.2, 0.25) is 0 Å². The number of alkyl halides is 3. The van der Waals surface area contributed by atoms with Crippen LogP contribution in [0.5, 0.6) is 0 Å². The van der Waals surface area contributed by atoms with E-state index in [2.05, 4.69) is 5.32 Å². The number of ether oxygens (including phenoxy) is 1. The third-order valence-electron chi connectivity index (χ3n) is 3.72. The summed E-state index contributed by atoms with van der Waals surface area (Å²) in [5, 5.41) is 3.36. The highest BCUT2D eigenvalue weighted by molar-refractivity contribution is 4.95. The van der Waals surface area contributed by atoms with Gasteiger partial charge in [-0.2, -0.15) is 13.2 Å². The maximum atomic E-state index is 12.0. The zero-order valence-corrected chi connectivity index (χ0v) is 11.3. The second kappa shape index (κ2) is 6.75. The predicted molar refractivity (Wildman–Crippen MR) is 65.5 cm³/mol. The van der Waals surface area contributed by atoms with Gasteiger partial charge in [0.25, 0.3) is 0 Å². The molecule has 5 heteroatoms. The summed E-state index contributed by atoms with van der Waals surface area (Å²) in [5.74, 6) is 0. The third-order valence-corrected chi connectivity index (χ3v) is 3.72. The van der Waals surface area contributed by atoms with Crippen LogP contribution in [-0.2, 0) is 4.74 Å². The first-order chi connectivity index (χ1) is 8.37. The molecule has 0 radical (unpaired) electrons. The van der Waals surface area contributed by atoms with E-state index in [1.54, 1.807) is 7.11 Å². The maximum absolute atomic E-state index is 12.0. The van der Waals surface area contributed by atoms with Gasteiger partial charge in [0.05, 0.1) is 0 Å². The lowest BCUT2D eigenvalue weighted by atomic mass is 10.0. The Kier molecular flexibility index (Phi) is 5.92. The van der Waals surface area contributed by atoms with Gasteiger partial charge in [-0.15, -0.1) is 0 Å². The summed E-state index contributed by atoms with van der Waals surface area (Å²) in [7, 11) is 1.70. The number of methoxy groups -OCH3 is 1. The van der Waals surface area contributed by atoms with Gasteiger partial charge in [-0.1, -0.05) is 0 Å². The summed E-state index contributed by atoms with van der Waals surface area (Å²) in [6.45, 7) is 3.64. The Balaban J connectivity index is 2.08. The first-order valence-corrected chi connectivity index (χ1v) is 6.66. The molecule has 1 rings (SSSR count). The van der Waals surface area contributed by atoms with Crippen molar-refractivity contribution in [2.45, 2.75) is 57.7 Å². The summed E-state index contributed by atoms with van der Waals surface area (Å²) in [6.07, 6.45) is -0.435. The molecule has 0 aromatic rings. The SMILES string of the molecule is COCCC1(CNC(C)CCCC(F)(F)F)CC1. The Morgan fingerprint density at radius 1 is 1.33 bits per heavy atom. The Morgan fingerprint density at radius 3 is 2.50 bits per heavy atom. The predicted octanol–water partition coefficient (Wildman–Crippen LogP) is 3.51. The van der Waals surface area contributed by atoms with Crippen molar-refractivity contribution in [1.82, 2.24) is 5.32 Å². The molecule has 1 unspecified atom stereocenters. The van der Waals surface area contributed by atoms with Gasteiger partial charge in [0.1, 0.15) is 0 Å². The largest absolute Gasteiger partial charge is 0.389 e. The first kappa shape index (κ1) is 15.8. The summed E-state index contributed by atoms with van der Waals surface area (Å²) in [6, 6.07) is 0.160. The van der Waals surface area contributed by atoms with E-state index in [0.29, 0.717) is 11.8 Å². The molecule has 1 saturated carbocycles. The fourth-order valence-corrected chi connectivity index (χ4v) is 2.11. The average molecular weight is 267 g/mol. The van der Waals surface area contributed by atoms with Crippen molar-refractivity contribution < 1.29 is 17.9 Å². The van der Waals surface area contributed by atoms with Gasteiger partial charge in [-0.3, -0.25) is 0 Å².